The third-order valence-electron chi connectivity index (χ3n) is 2.93. The van der Waals surface area contributed by atoms with Crippen LogP contribution < -0.4 is 5.32 Å². The summed E-state index contributed by atoms with van der Waals surface area (Å²) < 4.78 is 0. The lowest BCUT2D eigenvalue weighted by atomic mass is 10.1. The molecule has 0 aliphatic rings. The van der Waals surface area contributed by atoms with Gasteiger partial charge in [-0.2, -0.15) is 0 Å². The van der Waals surface area contributed by atoms with Crippen LogP contribution in [0.4, 0.5) is 0 Å². The standard InChI is InChI=1S/C14H15Cl2N3/c1-9-7-18-14(19-8-9)13(17-2)6-10-11(15)4-3-5-12(10)16/h3-5,7-8,13,17H,6H2,1-2H3. The summed E-state index contributed by atoms with van der Waals surface area (Å²) in [5.74, 6) is 0.740. The highest BCUT2D eigenvalue weighted by atomic mass is 35.5. The number of halogens is 2. The van der Waals surface area contributed by atoms with Gasteiger partial charge in [0.1, 0.15) is 5.82 Å². The molecular formula is C14H15Cl2N3. The van der Waals surface area contributed by atoms with E-state index < -0.39 is 0 Å². The van der Waals surface area contributed by atoms with Crippen molar-refractivity contribution in [2.24, 2.45) is 0 Å². The van der Waals surface area contributed by atoms with E-state index in [1.807, 2.05) is 32.2 Å². The van der Waals surface area contributed by atoms with E-state index in [0.717, 1.165) is 17.0 Å². The number of benzene rings is 1. The summed E-state index contributed by atoms with van der Waals surface area (Å²) >= 11 is 12.4. The second kappa shape index (κ2) is 6.33. The lowest BCUT2D eigenvalue weighted by Gasteiger charge is -2.16. The summed E-state index contributed by atoms with van der Waals surface area (Å²) in [6, 6.07) is 5.50. The minimum absolute atomic E-state index is 0.0157. The summed E-state index contributed by atoms with van der Waals surface area (Å²) in [5.41, 5.74) is 1.95. The van der Waals surface area contributed by atoms with Crippen molar-refractivity contribution in [2.75, 3.05) is 7.05 Å². The number of aryl methyl sites for hydroxylation is 1. The van der Waals surface area contributed by atoms with Crippen LogP contribution >= 0.6 is 23.2 Å². The van der Waals surface area contributed by atoms with Gasteiger partial charge in [-0.25, -0.2) is 9.97 Å². The SMILES string of the molecule is CNC(Cc1c(Cl)cccc1Cl)c1ncc(C)cn1. The lowest BCUT2D eigenvalue weighted by molar-refractivity contribution is 0.556. The average molecular weight is 296 g/mol. The Morgan fingerprint density at radius 2 is 1.74 bits per heavy atom. The van der Waals surface area contributed by atoms with Crippen LogP contribution in [0, 0.1) is 6.92 Å². The molecule has 2 aromatic rings. The normalized spacial score (nSPS) is 12.4. The largest absolute Gasteiger partial charge is 0.310 e. The van der Waals surface area contributed by atoms with Gasteiger partial charge >= 0.3 is 0 Å². The zero-order chi connectivity index (χ0) is 13.8. The van der Waals surface area contributed by atoms with Crippen molar-refractivity contribution in [1.82, 2.24) is 15.3 Å². The zero-order valence-electron chi connectivity index (χ0n) is 10.8. The van der Waals surface area contributed by atoms with Crippen LogP contribution in [0.2, 0.25) is 10.0 Å². The van der Waals surface area contributed by atoms with Crippen LogP contribution in [0.3, 0.4) is 0 Å². The Bertz CT molecular complexity index is 535. The molecule has 1 atom stereocenters. The molecule has 1 unspecified atom stereocenters. The maximum Gasteiger partial charge on any atom is 0.145 e. The summed E-state index contributed by atoms with van der Waals surface area (Å²) in [6.45, 7) is 1.96. The van der Waals surface area contributed by atoms with E-state index in [1.54, 1.807) is 12.4 Å². The Labute approximate surface area is 123 Å². The summed E-state index contributed by atoms with van der Waals surface area (Å²) in [5, 5.41) is 4.53. The minimum atomic E-state index is -0.0157. The molecule has 19 heavy (non-hydrogen) atoms. The van der Waals surface area contributed by atoms with E-state index in [0.29, 0.717) is 16.5 Å². The van der Waals surface area contributed by atoms with Crippen molar-refractivity contribution >= 4 is 23.2 Å². The topological polar surface area (TPSA) is 37.8 Å². The monoisotopic (exact) mass is 295 g/mol. The first-order valence-electron chi connectivity index (χ1n) is 6.00. The molecule has 1 heterocycles. The fraction of sp³-hybridized carbons (Fsp3) is 0.286. The van der Waals surface area contributed by atoms with Gasteiger partial charge in [0.25, 0.3) is 0 Å². The van der Waals surface area contributed by atoms with E-state index >= 15 is 0 Å². The van der Waals surface area contributed by atoms with Crippen molar-refractivity contribution in [3.8, 4) is 0 Å². The fourth-order valence-corrected chi connectivity index (χ4v) is 2.39. The zero-order valence-corrected chi connectivity index (χ0v) is 12.3. The molecule has 1 aromatic carbocycles. The molecule has 1 N–H and O–H groups in total. The van der Waals surface area contributed by atoms with Crippen LogP contribution in [0.25, 0.3) is 0 Å². The second-order valence-electron chi connectivity index (χ2n) is 4.36. The van der Waals surface area contributed by atoms with Crippen molar-refractivity contribution in [1.29, 1.82) is 0 Å². The summed E-state index contributed by atoms with van der Waals surface area (Å²) in [7, 11) is 1.87. The first-order chi connectivity index (χ1) is 9.11. The Morgan fingerprint density at radius 3 is 2.26 bits per heavy atom. The molecular weight excluding hydrogens is 281 g/mol. The number of hydrogen-bond donors (Lipinski definition) is 1. The second-order valence-corrected chi connectivity index (χ2v) is 5.18. The van der Waals surface area contributed by atoms with Gasteiger partial charge in [0.05, 0.1) is 6.04 Å². The molecule has 0 radical (unpaired) electrons. The lowest BCUT2D eigenvalue weighted by Crippen LogP contribution is -2.21. The van der Waals surface area contributed by atoms with Crippen LogP contribution in [-0.4, -0.2) is 17.0 Å². The van der Waals surface area contributed by atoms with Crippen LogP contribution in [-0.2, 0) is 6.42 Å². The van der Waals surface area contributed by atoms with Crippen molar-refractivity contribution < 1.29 is 0 Å². The van der Waals surface area contributed by atoms with E-state index in [2.05, 4.69) is 15.3 Å². The van der Waals surface area contributed by atoms with E-state index in [1.165, 1.54) is 0 Å². The highest BCUT2D eigenvalue weighted by Gasteiger charge is 2.16. The maximum absolute atomic E-state index is 6.19. The first-order valence-corrected chi connectivity index (χ1v) is 6.76. The molecule has 2 rings (SSSR count). The average Bonchev–Trinajstić information content (AvgIpc) is 2.40. The van der Waals surface area contributed by atoms with Gasteiger partial charge < -0.3 is 5.32 Å². The predicted molar refractivity (Wildman–Crippen MR) is 78.7 cm³/mol. The van der Waals surface area contributed by atoms with Gasteiger partial charge in [-0.15, -0.1) is 0 Å². The molecule has 0 fully saturated rings. The number of hydrogen-bond acceptors (Lipinski definition) is 3. The summed E-state index contributed by atoms with van der Waals surface area (Å²) in [6.07, 6.45) is 4.26. The molecule has 100 valence electrons. The Morgan fingerprint density at radius 1 is 1.16 bits per heavy atom. The first kappa shape index (κ1) is 14.3. The van der Waals surface area contributed by atoms with Gasteiger partial charge in [-0.05, 0) is 43.7 Å². The number of aromatic nitrogens is 2. The van der Waals surface area contributed by atoms with Gasteiger partial charge in [0.15, 0.2) is 0 Å². The van der Waals surface area contributed by atoms with Crippen molar-refractivity contribution in [2.45, 2.75) is 19.4 Å². The predicted octanol–water partition coefficient (Wildman–Crippen LogP) is 3.60. The van der Waals surface area contributed by atoms with Crippen LogP contribution in [0.15, 0.2) is 30.6 Å². The number of nitrogens with one attached hydrogen (secondary N) is 1. The van der Waals surface area contributed by atoms with Gasteiger partial charge in [-0.3, -0.25) is 0 Å². The summed E-state index contributed by atoms with van der Waals surface area (Å²) in [4.78, 5) is 8.69. The third kappa shape index (κ3) is 3.44. The molecule has 0 bridgehead atoms. The van der Waals surface area contributed by atoms with Crippen LogP contribution in [0.5, 0.6) is 0 Å². The smallest absolute Gasteiger partial charge is 0.145 e. The number of rotatable bonds is 4. The Balaban J connectivity index is 2.26. The third-order valence-corrected chi connectivity index (χ3v) is 3.64. The maximum atomic E-state index is 6.19. The molecule has 0 amide bonds. The minimum Gasteiger partial charge on any atom is -0.310 e. The molecule has 1 aromatic heterocycles. The molecule has 0 aliphatic carbocycles. The number of nitrogens with zero attached hydrogens (tertiary/aromatic N) is 2. The highest BCUT2D eigenvalue weighted by Crippen LogP contribution is 2.28. The quantitative estimate of drug-likeness (QED) is 0.937. The van der Waals surface area contributed by atoms with E-state index in [9.17, 15) is 0 Å². The molecule has 0 aliphatic heterocycles. The Hall–Kier alpha value is -1.16. The number of likely N-dealkylation sites (N-methyl/N-ethyl adjacent to an activating group) is 1. The molecule has 5 heteroatoms. The Kier molecular flexibility index (Phi) is 4.75. The van der Waals surface area contributed by atoms with Crippen LogP contribution in [0.1, 0.15) is 23.0 Å². The van der Waals surface area contributed by atoms with E-state index in [-0.39, 0.29) is 6.04 Å². The van der Waals surface area contributed by atoms with Gasteiger partial charge in [-0.1, -0.05) is 29.3 Å². The van der Waals surface area contributed by atoms with E-state index in [4.69, 9.17) is 23.2 Å². The van der Waals surface area contributed by atoms with Gasteiger partial charge in [0.2, 0.25) is 0 Å². The molecule has 3 nitrogen and oxygen atoms in total. The van der Waals surface area contributed by atoms with Crippen molar-refractivity contribution in [3.63, 3.8) is 0 Å². The van der Waals surface area contributed by atoms with Gasteiger partial charge in [0, 0.05) is 22.4 Å². The molecule has 0 spiro atoms. The molecule has 0 saturated heterocycles. The highest BCUT2D eigenvalue weighted by molar-refractivity contribution is 6.36. The van der Waals surface area contributed by atoms with Crippen molar-refractivity contribution in [3.05, 3.63) is 57.6 Å². The fourth-order valence-electron chi connectivity index (χ4n) is 1.84. The molecule has 0 saturated carbocycles.